The van der Waals surface area contributed by atoms with Gasteiger partial charge in [-0.2, -0.15) is 5.26 Å². The monoisotopic (exact) mass is 252 g/mol. The van der Waals surface area contributed by atoms with E-state index in [-0.39, 0.29) is 5.69 Å². The first-order valence-electron chi connectivity index (χ1n) is 5.39. The van der Waals surface area contributed by atoms with Gasteiger partial charge in [0.2, 0.25) is 0 Å². The van der Waals surface area contributed by atoms with Crippen LogP contribution in [0, 0.1) is 16.7 Å². The Kier molecular flexibility index (Phi) is 5.44. The lowest BCUT2D eigenvalue weighted by molar-refractivity contribution is 0.0995. The minimum atomic E-state index is -0.588. The Balaban J connectivity index is 0.000000200. The number of nitrogens with two attached hydrogens (primary N) is 1. The van der Waals surface area contributed by atoms with Crippen molar-refractivity contribution in [2.45, 2.75) is 0 Å². The van der Waals surface area contributed by atoms with Crippen molar-refractivity contribution in [3.05, 3.63) is 65.5 Å². The van der Waals surface area contributed by atoms with E-state index in [9.17, 15) is 4.79 Å². The topological polar surface area (TPSA) is 104 Å². The maximum atomic E-state index is 10.5. The Labute approximate surface area is 110 Å². The highest BCUT2D eigenvalue weighted by atomic mass is 16.1. The molecule has 2 aromatic rings. The van der Waals surface area contributed by atoms with Crippen LogP contribution in [0.4, 0.5) is 0 Å². The Bertz CT molecular complexity index is 585. The summed E-state index contributed by atoms with van der Waals surface area (Å²) >= 11 is 0. The zero-order valence-corrected chi connectivity index (χ0v) is 10.1. The molecule has 5 nitrogen and oxygen atoms in total. The van der Waals surface area contributed by atoms with Gasteiger partial charge in [0.25, 0.3) is 5.91 Å². The van der Waals surface area contributed by atoms with Crippen LogP contribution in [0.25, 0.3) is 0 Å². The third-order valence-corrected chi connectivity index (χ3v) is 2.11. The van der Waals surface area contributed by atoms with Crippen LogP contribution in [0.5, 0.6) is 0 Å². The highest BCUT2D eigenvalue weighted by molar-refractivity contribution is 5.90. The molecule has 0 spiro atoms. The largest absolute Gasteiger partial charge is 0.364 e. The average molecular weight is 252 g/mol. The molecule has 0 bridgehead atoms. The SMILES string of the molecule is N#Cc1ccc(C(N)=O)nc1.N=Cc1ccccc1. The molecule has 1 amide bonds. The van der Waals surface area contributed by atoms with Crippen LogP contribution in [-0.2, 0) is 0 Å². The Hall–Kier alpha value is -3.00. The van der Waals surface area contributed by atoms with E-state index in [1.807, 2.05) is 36.4 Å². The first-order chi connectivity index (χ1) is 9.17. The lowest BCUT2D eigenvalue weighted by atomic mass is 10.2. The molecule has 2 rings (SSSR count). The van der Waals surface area contributed by atoms with Gasteiger partial charge in [-0.15, -0.1) is 0 Å². The zero-order valence-electron chi connectivity index (χ0n) is 10.1. The van der Waals surface area contributed by atoms with Gasteiger partial charge in [0.1, 0.15) is 11.8 Å². The van der Waals surface area contributed by atoms with Gasteiger partial charge in [-0.05, 0) is 17.7 Å². The molecule has 94 valence electrons. The van der Waals surface area contributed by atoms with E-state index in [1.54, 1.807) is 0 Å². The molecule has 1 aromatic carbocycles. The molecule has 1 aromatic heterocycles. The second-order valence-electron chi connectivity index (χ2n) is 3.46. The highest BCUT2D eigenvalue weighted by Crippen LogP contribution is 1.96. The summed E-state index contributed by atoms with van der Waals surface area (Å²) < 4.78 is 0. The summed E-state index contributed by atoms with van der Waals surface area (Å²) in [5.41, 5.74) is 6.45. The van der Waals surface area contributed by atoms with Crippen LogP contribution in [0.1, 0.15) is 21.6 Å². The number of amides is 1. The quantitative estimate of drug-likeness (QED) is 0.795. The number of carbonyl (C=O) groups is 1. The molecular formula is C14H12N4O. The number of carbonyl (C=O) groups excluding carboxylic acids is 1. The molecular weight excluding hydrogens is 240 g/mol. The van der Waals surface area contributed by atoms with Crippen LogP contribution >= 0.6 is 0 Å². The van der Waals surface area contributed by atoms with Crippen LogP contribution in [0.3, 0.4) is 0 Å². The number of primary amides is 1. The molecule has 19 heavy (non-hydrogen) atoms. The van der Waals surface area contributed by atoms with Crippen LogP contribution < -0.4 is 5.73 Å². The van der Waals surface area contributed by atoms with Crippen molar-refractivity contribution in [3.8, 4) is 6.07 Å². The molecule has 3 N–H and O–H groups in total. The number of nitrogens with zero attached hydrogens (tertiary/aromatic N) is 2. The van der Waals surface area contributed by atoms with Crippen LogP contribution in [0.2, 0.25) is 0 Å². The number of hydrogen-bond acceptors (Lipinski definition) is 4. The van der Waals surface area contributed by atoms with Gasteiger partial charge in [-0.1, -0.05) is 30.3 Å². The second kappa shape index (κ2) is 7.35. The third kappa shape index (κ3) is 4.79. The fraction of sp³-hybridized carbons (Fsp3) is 0. The molecule has 0 radical (unpaired) electrons. The number of benzene rings is 1. The number of nitriles is 1. The lowest BCUT2D eigenvalue weighted by Crippen LogP contribution is -2.12. The highest BCUT2D eigenvalue weighted by Gasteiger charge is 1.99. The molecule has 1 heterocycles. The summed E-state index contributed by atoms with van der Waals surface area (Å²) in [6, 6.07) is 14.4. The summed E-state index contributed by atoms with van der Waals surface area (Å²) in [6.07, 6.45) is 2.64. The first kappa shape index (κ1) is 14.1. The van der Waals surface area contributed by atoms with Gasteiger partial charge in [0.15, 0.2) is 0 Å². The maximum Gasteiger partial charge on any atom is 0.267 e. The normalized spacial score (nSPS) is 8.58. The molecule has 0 atom stereocenters. The van der Waals surface area contributed by atoms with Gasteiger partial charge in [-0.25, -0.2) is 4.98 Å². The maximum absolute atomic E-state index is 10.5. The smallest absolute Gasteiger partial charge is 0.267 e. The van der Waals surface area contributed by atoms with Crippen molar-refractivity contribution in [3.63, 3.8) is 0 Å². The second-order valence-corrected chi connectivity index (χ2v) is 3.46. The molecule has 0 fully saturated rings. The average Bonchev–Trinajstić information content (AvgIpc) is 2.48. The van der Waals surface area contributed by atoms with E-state index >= 15 is 0 Å². The van der Waals surface area contributed by atoms with E-state index in [4.69, 9.17) is 16.4 Å². The van der Waals surface area contributed by atoms with E-state index in [0.717, 1.165) is 5.56 Å². The van der Waals surface area contributed by atoms with Crippen molar-refractivity contribution in [2.75, 3.05) is 0 Å². The summed E-state index contributed by atoms with van der Waals surface area (Å²) in [4.78, 5) is 14.1. The van der Waals surface area contributed by atoms with Gasteiger partial charge in [0, 0.05) is 12.4 Å². The Morgan fingerprint density at radius 3 is 2.32 bits per heavy atom. The van der Waals surface area contributed by atoms with E-state index in [2.05, 4.69) is 4.98 Å². The van der Waals surface area contributed by atoms with Crippen molar-refractivity contribution in [2.24, 2.45) is 5.73 Å². The number of pyridine rings is 1. The van der Waals surface area contributed by atoms with Crippen molar-refractivity contribution in [1.82, 2.24) is 4.98 Å². The molecule has 0 saturated heterocycles. The summed E-state index contributed by atoms with van der Waals surface area (Å²) in [5, 5.41) is 15.2. The summed E-state index contributed by atoms with van der Waals surface area (Å²) in [6.45, 7) is 0. The van der Waals surface area contributed by atoms with Gasteiger partial charge >= 0.3 is 0 Å². The minimum Gasteiger partial charge on any atom is -0.364 e. The zero-order chi connectivity index (χ0) is 14.1. The minimum absolute atomic E-state index is 0.170. The molecule has 0 unspecified atom stereocenters. The number of aromatic nitrogens is 1. The predicted octanol–water partition coefficient (Wildman–Crippen LogP) is 1.74. The third-order valence-electron chi connectivity index (χ3n) is 2.11. The summed E-state index contributed by atoms with van der Waals surface area (Å²) in [7, 11) is 0. The lowest BCUT2D eigenvalue weighted by Gasteiger charge is -1.91. The van der Waals surface area contributed by atoms with E-state index in [1.165, 1.54) is 24.5 Å². The van der Waals surface area contributed by atoms with Gasteiger partial charge in [0.05, 0.1) is 5.56 Å². The van der Waals surface area contributed by atoms with Crippen molar-refractivity contribution < 1.29 is 4.79 Å². The van der Waals surface area contributed by atoms with Crippen molar-refractivity contribution >= 4 is 12.1 Å². The van der Waals surface area contributed by atoms with E-state index in [0.29, 0.717) is 5.56 Å². The van der Waals surface area contributed by atoms with Gasteiger partial charge < -0.3 is 11.1 Å². The predicted molar refractivity (Wildman–Crippen MR) is 71.8 cm³/mol. The van der Waals surface area contributed by atoms with Gasteiger partial charge in [-0.3, -0.25) is 4.79 Å². The first-order valence-corrected chi connectivity index (χ1v) is 5.39. The van der Waals surface area contributed by atoms with Crippen LogP contribution in [0.15, 0.2) is 48.7 Å². The molecule has 0 aliphatic carbocycles. The fourth-order valence-electron chi connectivity index (χ4n) is 1.16. The standard InChI is InChI=1S/C7H5N3O.C7H7N/c8-3-5-1-2-6(7(9)11)10-4-5;8-6-7-4-2-1-3-5-7/h1-2,4H,(H2,9,11);1-6,8H. The molecule has 0 aliphatic rings. The Morgan fingerprint density at radius 1 is 1.26 bits per heavy atom. The number of nitrogens with one attached hydrogen (secondary N) is 1. The summed E-state index contributed by atoms with van der Waals surface area (Å²) in [5.74, 6) is -0.588. The van der Waals surface area contributed by atoms with Crippen LogP contribution in [-0.4, -0.2) is 17.1 Å². The fourth-order valence-corrected chi connectivity index (χ4v) is 1.16. The number of hydrogen-bond donors (Lipinski definition) is 2. The molecule has 0 saturated carbocycles. The Morgan fingerprint density at radius 2 is 1.95 bits per heavy atom. The molecule has 5 heteroatoms. The number of rotatable bonds is 2. The van der Waals surface area contributed by atoms with Crippen molar-refractivity contribution in [1.29, 1.82) is 10.7 Å². The molecule has 0 aliphatic heterocycles. The van der Waals surface area contributed by atoms with E-state index < -0.39 is 5.91 Å².